The van der Waals surface area contributed by atoms with Crippen molar-refractivity contribution in [2.45, 2.75) is 6.92 Å². The minimum Gasteiger partial charge on any atom is -0.505 e. The number of nitrogens with two attached hydrogens (primary N) is 1. The first-order chi connectivity index (χ1) is 17.4. The second-order valence-electron chi connectivity index (χ2n) is 7.31. The summed E-state index contributed by atoms with van der Waals surface area (Å²) < 4.78 is 1.32. The lowest BCUT2D eigenvalue weighted by Crippen LogP contribution is -2.23. The topological polar surface area (TPSA) is 147 Å². The van der Waals surface area contributed by atoms with Crippen LogP contribution in [0, 0.1) is 12.3 Å². The molecule has 0 saturated carbocycles. The summed E-state index contributed by atoms with van der Waals surface area (Å²) in [6, 6.07) is 8.78. The van der Waals surface area contributed by atoms with Gasteiger partial charge in [-0.15, -0.1) is 17.8 Å². The molecule has 180 valence electrons. The van der Waals surface area contributed by atoms with Crippen molar-refractivity contribution in [1.29, 1.82) is 0 Å². The van der Waals surface area contributed by atoms with Gasteiger partial charge in [-0.25, -0.2) is 4.98 Å². The number of hydrogen-bond acceptors (Lipinski definition) is 8. The minimum atomic E-state index is -0.729. The first kappa shape index (κ1) is 24.1. The summed E-state index contributed by atoms with van der Waals surface area (Å²) in [6.45, 7) is 1.75. The highest BCUT2D eigenvalue weighted by atomic mass is 32.1. The molecule has 0 radical (unpaired) electrons. The fourth-order valence-electron chi connectivity index (χ4n) is 3.46. The number of benzene rings is 2. The zero-order chi connectivity index (χ0) is 25.7. The summed E-state index contributed by atoms with van der Waals surface area (Å²) in [4.78, 5) is 29.4. The van der Waals surface area contributed by atoms with Crippen LogP contribution < -0.4 is 21.9 Å². The summed E-state index contributed by atoms with van der Waals surface area (Å²) in [5, 5.41) is 21.5. The maximum absolute atomic E-state index is 13.0. The van der Waals surface area contributed by atoms with Gasteiger partial charge >= 0.3 is 0 Å². The monoisotopic (exact) mass is 499 g/mol. The van der Waals surface area contributed by atoms with Crippen molar-refractivity contribution in [3.63, 3.8) is 0 Å². The van der Waals surface area contributed by atoms with Gasteiger partial charge in [-0.2, -0.15) is 9.78 Å². The van der Waals surface area contributed by atoms with E-state index < -0.39 is 11.8 Å². The Morgan fingerprint density at radius 2 is 2.08 bits per heavy atom. The molecule has 0 aliphatic carbocycles. The molecule has 2 amide bonds. The average molecular weight is 500 g/mol. The maximum Gasteiger partial charge on any atom is 0.269 e. The number of nitrogens with one attached hydrogen (secondary N) is 3. The zero-order valence-corrected chi connectivity index (χ0v) is 19.8. The third-order valence-electron chi connectivity index (χ3n) is 5.12. The van der Waals surface area contributed by atoms with Gasteiger partial charge in [-0.3, -0.25) is 20.4 Å². The molecule has 0 bridgehead atoms. The van der Waals surface area contributed by atoms with Crippen molar-refractivity contribution < 1.29 is 14.7 Å². The van der Waals surface area contributed by atoms with Crippen molar-refractivity contribution in [1.82, 2.24) is 20.1 Å². The number of carbonyl (C=O) groups is 2. The van der Waals surface area contributed by atoms with Gasteiger partial charge in [-0.05, 0) is 30.5 Å². The summed E-state index contributed by atoms with van der Waals surface area (Å²) in [6.07, 6.45) is 12.9. The van der Waals surface area contributed by atoms with E-state index in [2.05, 4.69) is 32.2 Å². The molecule has 0 aliphatic heterocycles. The van der Waals surface area contributed by atoms with Gasteiger partial charge in [0.2, 0.25) is 5.13 Å². The van der Waals surface area contributed by atoms with E-state index in [-0.39, 0.29) is 28.4 Å². The Hall–Kier alpha value is -5.08. The van der Waals surface area contributed by atoms with Crippen molar-refractivity contribution in [3.8, 4) is 23.2 Å². The third-order valence-corrected chi connectivity index (χ3v) is 5.87. The molecule has 2 heterocycles. The van der Waals surface area contributed by atoms with Crippen LogP contribution in [0.4, 0.5) is 11.4 Å². The molecular weight excluding hydrogens is 478 g/mol. The van der Waals surface area contributed by atoms with Gasteiger partial charge in [0.1, 0.15) is 11.4 Å². The molecule has 36 heavy (non-hydrogen) atoms. The molecule has 10 nitrogen and oxygen atoms in total. The van der Waals surface area contributed by atoms with Crippen molar-refractivity contribution in [2.75, 3.05) is 10.9 Å². The van der Waals surface area contributed by atoms with Crippen molar-refractivity contribution >= 4 is 45.3 Å². The van der Waals surface area contributed by atoms with Crippen LogP contribution in [0.1, 0.15) is 27.8 Å². The molecule has 2 aromatic heterocycles. The Kier molecular flexibility index (Phi) is 6.99. The highest BCUT2D eigenvalue weighted by Crippen LogP contribution is 2.36. The summed E-state index contributed by atoms with van der Waals surface area (Å²) in [5.41, 5.74) is 12.4. The quantitative estimate of drug-likeness (QED) is 0.108. The summed E-state index contributed by atoms with van der Waals surface area (Å²) in [7, 11) is 0. The standard InChI is InChI=1S/C25H21N7O3S/c1-3-5-9-16(4-2)29-24(35)18-13-15-8-6-7-10-17(15)20(22(18)33)31-30-19-14-28-32(21(19)23(26)34)25-27-11-12-36-25/h1,4-14,30-31,33H,2H3,(H2,26,34)(H,29,35)/b9-5-,16-4+. The molecular formula is C25H21N7O3S. The number of phenolic OH excluding ortho intramolecular Hbond substituents is 1. The lowest BCUT2D eigenvalue weighted by molar-refractivity contribution is 0.0962. The van der Waals surface area contributed by atoms with Gasteiger partial charge in [0.25, 0.3) is 11.8 Å². The van der Waals surface area contributed by atoms with Crippen LogP contribution in [0.15, 0.2) is 72.0 Å². The number of aromatic hydroxyl groups is 1. The highest BCUT2D eigenvalue weighted by Gasteiger charge is 2.21. The Morgan fingerprint density at radius 1 is 1.28 bits per heavy atom. The molecule has 0 aliphatic rings. The van der Waals surface area contributed by atoms with Crippen molar-refractivity contribution in [3.05, 3.63) is 83.3 Å². The number of allylic oxidation sites excluding steroid dienone is 3. The Labute approximate surface area is 210 Å². The number of aromatic nitrogens is 3. The molecule has 6 N–H and O–H groups in total. The zero-order valence-electron chi connectivity index (χ0n) is 19.0. The van der Waals surface area contributed by atoms with Crippen LogP contribution in [-0.2, 0) is 0 Å². The number of fused-ring (bicyclic) bond motifs is 1. The number of hydrogen-bond donors (Lipinski definition) is 5. The summed E-state index contributed by atoms with van der Waals surface area (Å²) in [5.74, 6) is 0.794. The number of carbonyl (C=O) groups excluding carboxylic acids is 2. The predicted octanol–water partition coefficient (Wildman–Crippen LogP) is 3.55. The minimum absolute atomic E-state index is 0.0278. The van der Waals surface area contributed by atoms with E-state index in [1.54, 1.807) is 54.9 Å². The number of nitrogens with zero attached hydrogens (tertiary/aromatic N) is 3. The first-order valence-electron chi connectivity index (χ1n) is 10.6. The van der Waals surface area contributed by atoms with E-state index in [0.29, 0.717) is 21.6 Å². The first-order valence-corrected chi connectivity index (χ1v) is 11.5. The molecule has 4 rings (SSSR count). The van der Waals surface area contributed by atoms with Gasteiger partial charge in [0, 0.05) is 22.7 Å². The number of primary amides is 1. The third kappa shape index (κ3) is 4.75. The lowest BCUT2D eigenvalue weighted by atomic mass is 10.0. The second-order valence-corrected chi connectivity index (χ2v) is 8.19. The Morgan fingerprint density at radius 3 is 2.78 bits per heavy atom. The smallest absolute Gasteiger partial charge is 0.269 e. The number of thiazole rings is 1. The van der Waals surface area contributed by atoms with Crippen LogP contribution in [0.2, 0.25) is 0 Å². The number of terminal acetylenes is 1. The normalized spacial score (nSPS) is 11.4. The van der Waals surface area contributed by atoms with E-state index >= 15 is 0 Å². The van der Waals surface area contributed by atoms with Crippen LogP contribution in [0.25, 0.3) is 15.9 Å². The molecule has 4 aromatic rings. The molecule has 0 saturated heterocycles. The molecule has 0 spiro atoms. The van der Waals surface area contributed by atoms with Crippen LogP contribution in [-0.4, -0.2) is 31.7 Å². The van der Waals surface area contributed by atoms with E-state index in [4.69, 9.17) is 12.2 Å². The fourth-order valence-corrected chi connectivity index (χ4v) is 4.06. The largest absolute Gasteiger partial charge is 0.505 e. The maximum atomic E-state index is 13.0. The SMILES string of the molecule is C#C/C=C\C(=C/C)NC(=O)c1cc2ccccc2c(NNc2cnn(-c3nccs3)c2C(N)=O)c1O. The molecule has 0 unspecified atom stereocenters. The molecule has 0 atom stereocenters. The van der Waals surface area contributed by atoms with Crippen LogP contribution in [0.5, 0.6) is 5.75 Å². The number of rotatable bonds is 8. The van der Waals surface area contributed by atoms with Gasteiger partial charge in [0.05, 0.1) is 11.8 Å². The lowest BCUT2D eigenvalue weighted by Gasteiger charge is -2.17. The molecule has 2 aromatic carbocycles. The number of hydrazine groups is 1. The van der Waals surface area contributed by atoms with Gasteiger partial charge < -0.3 is 16.2 Å². The molecule has 0 fully saturated rings. The van der Waals surface area contributed by atoms with Crippen LogP contribution in [0.3, 0.4) is 0 Å². The molecule has 11 heteroatoms. The van der Waals surface area contributed by atoms with E-state index in [0.717, 1.165) is 0 Å². The Balaban J connectivity index is 1.71. The average Bonchev–Trinajstić information content (AvgIpc) is 3.55. The van der Waals surface area contributed by atoms with Crippen LogP contribution >= 0.6 is 11.3 Å². The summed E-state index contributed by atoms with van der Waals surface area (Å²) >= 11 is 1.29. The Bertz CT molecular complexity index is 1550. The van der Waals surface area contributed by atoms with E-state index in [1.165, 1.54) is 28.3 Å². The fraction of sp³-hybridized carbons (Fsp3) is 0.0400. The number of anilines is 2. The number of phenols is 1. The second kappa shape index (κ2) is 10.5. The van der Waals surface area contributed by atoms with E-state index in [1.807, 2.05) is 6.07 Å². The van der Waals surface area contributed by atoms with Gasteiger partial charge in [0.15, 0.2) is 11.4 Å². The van der Waals surface area contributed by atoms with Crippen molar-refractivity contribution in [2.24, 2.45) is 5.73 Å². The predicted molar refractivity (Wildman–Crippen MR) is 140 cm³/mol. The van der Waals surface area contributed by atoms with Gasteiger partial charge in [-0.1, -0.05) is 36.3 Å². The van der Waals surface area contributed by atoms with E-state index in [9.17, 15) is 14.7 Å². The number of amides is 2. The highest BCUT2D eigenvalue weighted by molar-refractivity contribution is 7.12.